The molecule has 0 aromatic heterocycles. The zero-order chi connectivity index (χ0) is 19.8. The fourth-order valence-electron chi connectivity index (χ4n) is 3.78. The summed E-state index contributed by atoms with van der Waals surface area (Å²) in [5, 5.41) is 3.86. The normalized spacial score (nSPS) is 21.0. The summed E-state index contributed by atoms with van der Waals surface area (Å²) >= 11 is 6.10. The van der Waals surface area contributed by atoms with Crippen molar-refractivity contribution in [2.45, 2.75) is 50.7 Å². The van der Waals surface area contributed by atoms with Gasteiger partial charge in [0.25, 0.3) is 0 Å². The van der Waals surface area contributed by atoms with Crippen LogP contribution >= 0.6 is 35.6 Å². The Morgan fingerprint density at radius 2 is 2.10 bits per heavy atom. The molecule has 0 spiro atoms. The average Bonchev–Trinajstić information content (AvgIpc) is 2.72. The molecule has 2 aliphatic rings. The molecule has 1 aromatic carbocycles. The Morgan fingerprint density at radius 1 is 1.31 bits per heavy atom. The number of ether oxygens (including phenoxy) is 2. The zero-order valence-electron chi connectivity index (χ0n) is 17.0. The van der Waals surface area contributed by atoms with E-state index in [9.17, 15) is 4.39 Å². The Hall–Kier alpha value is -0.640. The van der Waals surface area contributed by atoms with Crippen LogP contribution in [0, 0.1) is 5.82 Å². The first-order valence-corrected chi connectivity index (χ1v) is 10.7. The lowest BCUT2D eigenvalue weighted by Gasteiger charge is -2.35. The Morgan fingerprint density at radius 3 is 2.76 bits per heavy atom. The minimum atomic E-state index is -0.308. The largest absolute Gasteiger partial charge is 0.376 e. The van der Waals surface area contributed by atoms with Crippen LogP contribution < -0.4 is 5.32 Å². The van der Waals surface area contributed by atoms with E-state index >= 15 is 0 Å². The van der Waals surface area contributed by atoms with E-state index < -0.39 is 0 Å². The van der Waals surface area contributed by atoms with Crippen LogP contribution in [0.25, 0.3) is 0 Å². The summed E-state index contributed by atoms with van der Waals surface area (Å²) < 4.78 is 25.0. The highest BCUT2D eigenvalue weighted by Gasteiger charge is 2.23. The number of hydrogen-bond acceptors (Lipinski definition) is 3. The molecule has 1 atom stereocenters. The second-order valence-electron chi connectivity index (χ2n) is 7.47. The molecule has 2 fully saturated rings. The van der Waals surface area contributed by atoms with E-state index in [-0.39, 0.29) is 35.9 Å². The lowest BCUT2D eigenvalue weighted by molar-refractivity contribution is -0.0721. The molecule has 0 radical (unpaired) electrons. The summed E-state index contributed by atoms with van der Waals surface area (Å²) in [6.07, 6.45) is 6.84. The van der Waals surface area contributed by atoms with Crippen molar-refractivity contribution in [2.24, 2.45) is 4.99 Å². The van der Waals surface area contributed by atoms with E-state index in [2.05, 4.69) is 15.2 Å². The highest BCUT2D eigenvalue weighted by Crippen LogP contribution is 2.19. The van der Waals surface area contributed by atoms with Gasteiger partial charge in [0.05, 0.1) is 18.8 Å². The fraction of sp³-hybridized carbons (Fsp3) is 0.667. The predicted molar refractivity (Wildman–Crippen MR) is 126 cm³/mol. The van der Waals surface area contributed by atoms with Crippen LogP contribution in [0.3, 0.4) is 0 Å². The first-order valence-electron chi connectivity index (χ1n) is 10.3. The molecule has 3 rings (SSSR count). The maximum atomic E-state index is 13.1. The molecule has 2 heterocycles. The van der Waals surface area contributed by atoms with Gasteiger partial charge in [0, 0.05) is 38.3 Å². The molecule has 8 heteroatoms. The molecule has 5 nitrogen and oxygen atoms in total. The Labute approximate surface area is 195 Å². The molecule has 1 unspecified atom stereocenters. The van der Waals surface area contributed by atoms with Gasteiger partial charge >= 0.3 is 0 Å². The molecule has 164 valence electrons. The van der Waals surface area contributed by atoms with Crippen molar-refractivity contribution in [1.82, 2.24) is 10.2 Å². The third-order valence-corrected chi connectivity index (χ3v) is 5.79. The molecule has 2 aliphatic heterocycles. The van der Waals surface area contributed by atoms with Crippen LogP contribution in [0.1, 0.15) is 37.7 Å². The minimum absolute atomic E-state index is 0. The molecule has 29 heavy (non-hydrogen) atoms. The van der Waals surface area contributed by atoms with Crippen molar-refractivity contribution in [1.29, 1.82) is 0 Å². The fourth-order valence-corrected chi connectivity index (χ4v) is 4.04. The van der Waals surface area contributed by atoms with Gasteiger partial charge in [0.15, 0.2) is 5.96 Å². The average molecular weight is 540 g/mol. The van der Waals surface area contributed by atoms with Gasteiger partial charge in [0.1, 0.15) is 5.82 Å². The number of rotatable bonds is 6. The van der Waals surface area contributed by atoms with Crippen LogP contribution in [-0.2, 0) is 15.9 Å². The molecular weight excluding hydrogens is 508 g/mol. The molecule has 2 saturated heterocycles. The Kier molecular flexibility index (Phi) is 11.0. The molecule has 0 saturated carbocycles. The zero-order valence-corrected chi connectivity index (χ0v) is 20.1. The third-order valence-electron chi connectivity index (χ3n) is 5.44. The van der Waals surface area contributed by atoms with Crippen molar-refractivity contribution in [3.05, 3.63) is 34.6 Å². The summed E-state index contributed by atoms with van der Waals surface area (Å²) in [6, 6.07) is 4.54. The van der Waals surface area contributed by atoms with Gasteiger partial charge < -0.3 is 19.7 Å². The molecule has 1 aromatic rings. The van der Waals surface area contributed by atoms with Crippen molar-refractivity contribution >= 4 is 41.5 Å². The predicted octanol–water partition coefficient (Wildman–Crippen LogP) is 4.27. The van der Waals surface area contributed by atoms with Crippen molar-refractivity contribution in [3.8, 4) is 0 Å². The number of likely N-dealkylation sites (tertiary alicyclic amines) is 1. The van der Waals surface area contributed by atoms with E-state index in [0.717, 1.165) is 63.5 Å². The standard InChI is InChI=1S/C21H31ClFN3O2.HI/c1-24-21(25-10-7-16-5-6-17(23)14-20(16)22)26-11-8-18(9-12-26)28-15-19-4-2-3-13-27-19;/h5-6,14,18-19H,2-4,7-13,15H2,1H3,(H,24,25);1H. The molecule has 1 N–H and O–H groups in total. The summed E-state index contributed by atoms with van der Waals surface area (Å²) in [6.45, 7) is 4.14. The first-order chi connectivity index (χ1) is 13.7. The Bertz CT molecular complexity index is 651. The lowest BCUT2D eigenvalue weighted by Crippen LogP contribution is -2.47. The summed E-state index contributed by atoms with van der Waals surface area (Å²) in [5.41, 5.74) is 0.933. The Balaban J connectivity index is 0.00000300. The van der Waals surface area contributed by atoms with Gasteiger partial charge in [-0.25, -0.2) is 4.39 Å². The van der Waals surface area contributed by atoms with Crippen LogP contribution in [0.4, 0.5) is 4.39 Å². The van der Waals surface area contributed by atoms with Crippen LogP contribution in [-0.4, -0.2) is 63.0 Å². The lowest BCUT2D eigenvalue weighted by atomic mass is 10.1. The van der Waals surface area contributed by atoms with Crippen LogP contribution in [0.15, 0.2) is 23.2 Å². The number of nitrogens with one attached hydrogen (secondary N) is 1. The quantitative estimate of drug-likeness (QED) is 0.333. The second kappa shape index (κ2) is 12.9. The molecule has 0 bridgehead atoms. The van der Waals surface area contributed by atoms with Crippen LogP contribution in [0.5, 0.6) is 0 Å². The van der Waals surface area contributed by atoms with E-state index in [1.807, 2.05) is 0 Å². The number of halogens is 3. The van der Waals surface area contributed by atoms with Crippen molar-refractivity contribution < 1.29 is 13.9 Å². The van der Waals surface area contributed by atoms with Gasteiger partial charge in [-0.3, -0.25) is 4.99 Å². The van der Waals surface area contributed by atoms with Crippen molar-refractivity contribution in [3.63, 3.8) is 0 Å². The number of nitrogens with zero attached hydrogens (tertiary/aromatic N) is 2. The van der Waals surface area contributed by atoms with Gasteiger partial charge in [0.2, 0.25) is 0 Å². The summed E-state index contributed by atoms with van der Waals surface area (Å²) in [5.74, 6) is 0.588. The number of piperidine rings is 1. The summed E-state index contributed by atoms with van der Waals surface area (Å²) in [4.78, 5) is 6.67. The van der Waals surface area contributed by atoms with Gasteiger partial charge in [-0.2, -0.15) is 0 Å². The highest BCUT2D eigenvalue weighted by molar-refractivity contribution is 14.0. The molecule has 0 aliphatic carbocycles. The van der Waals surface area contributed by atoms with Gasteiger partial charge in [-0.15, -0.1) is 24.0 Å². The third kappa shape index (κ3) is 7.84. The molecule has 0 amide bonds. The van der Waals surface area contributed by atoms with E-state index in [1.54, 1.807) is 13.1 Å². The SMILES string of the molecule is CN=C(NCCc1ccc(F)cc1Cl)N1CCC(OCC2CCCCO2)CC1.I. The van der Waals surface area contributed by atoms with E-state index in [0.29, 0.717) is 17.7 Å². The maximum absolute atomic E-state index is 13.1. The maximum Gasteiger partial charge on any atom is 0.193 e. The second-order valence-corrected chi connectivity index (χ2v) is 7.88. The summed E-state index contributed by atoms with van der Waals surface area (Å²) in [7, 11) is 1.80. The van der Waals surface area contributed by atoms with Gasteiger partial charge in [-0.05, 0) is 56.2 Å². The number of guanidine groups is 1. The highest BCUT2D eigenvalue weighted by atomic mass is 127. The van der Waals surface area contributed by atoms with E-state index in [1.165, 1.54) is 25.0 Å². The first kappa shape index (κ1) is 24.6. The monoisotopic (exact) mass is 539 g/mol. The number of hydrogen-bond donors (Lipinski definition) is 1. The van der Waals surface area contributed by atoms with Crippen molar-refractivity contribution in [2.75, 3.05) is 39.9 Å². The topological polar surface area (TPSA) is 46.1 Å². The number of benzene rings is 1. The minimum Gasteiger partial charge on any atom is -0.376 e. The molecular formula is C21H32ClFIN3O2. The van der Waals surface area contributed by atoms with Crippen LogP contribution in [0.2, 0.25) is 5.02 Å². The van der Waals surface area contributed by atoms with E-state index in [4.69, 9.17) is 21.1 Å². The van der Waals surface area contributed by atoms with Gasteiger partial charge in [-0.1, -0.05) is 17.7 Å². The smallest absolute Gasteiger partial charge is 0.193 e. The number of aliphatic imine (C=N–C) groups is 1.